The average Bonchev–Trinajstić information content (AvgIpc) is 3.05. The summed E-state index contributed by atoms with van der Waals surface area (Å²) in [6.07, 6.45) is -3.79. The van der Waals surface area contributed by atoms with Gasteiger partial charge in [-0.25, -0.2) is 0 Å². The lowest BCUT2D eigenvalue weighted by molar-refractivity contribution is -0.185. The van der Waals surface area contributed by atoms with Crippen molar-refractivity contribution in [1.29, 1.82) is 0 Å². The Kier molecular flexibility index (Phi) is 8.07. The highest BCUT2D eigenvalue weighted by Gasteiger charge is 2.42. The van der Waals surface area contributed by atoms with Gasteiger partial charge in [0.05, 0.1) is 0 Å². The number of alkyl halides is 3. The molecule has 1 saturated heterocycles. The predicted octanol–water partition coefficient (Wildman–Crippen LogP) is 3.32. The normalized spacial score (nSPS) is 17.5. The number of hydrogen-bond donors (Lipinski definition) is 1. The third-order valence-corrected chi connectivity index (χ3v) is 6.69. The largest absolute Gasteiger partial charge is 0.471 e. The van der Waals surface area contributed by atoms with Crippen LogP contribution in [-0.4, -0.2) is 78.5 Å². The first-order valence-electron chi connectivity index (χ1n) is 12.0. The number of piperazine rings is 1. The van der Waals surface area contributed by atoms with Crippen LogP contribution in [0.1, 0.15) is 23.1 Å². The zero-order chi connectivity index (χ0) is 24.8. The highest BCUT2D eigenvalue weighted by molar-refractivity contribution is 5.91. The van der Waals surface area contributed by atoms with Crippen molar-refractivity contribution in [1.82, 2.24) is 14.7 Å². The SMILES string of the molecule is O=C(CCN1CCN(Cc2ccccc2)CC1)Nc1ccc2c(c1)CCN(C(=O)C(F)(F)F)CC2. The third-order valence-electron chi connectivity index (χ3n) is 6.69. The molecule has 0 unspecified atom stereocenters. The Hall–Kier alpha value is -2.91. The Morgan fingerprint density at radius 2 is 1.49 bits per heavy atom. The van der Waals surface area contributed by atoms with Crippen molar-refractivity contribution in [2.24, 2.45) is 0 Å². The van der Waals surface area contributed by atoms with Crippen LogP contribution in [0.2, 0.25) is 0 Å². The molecule has 1 fully saturated rings. The monoisotopic (exact) mass is 488 g/mol. The van der Waals surface area contributed by atoms with Gasteiger partial charge in [-0.3, -0.25) is 14.5 Å². The summed E-state index contributed by atoms with van der Waals surface area (Å²) in [5.74, 6) is -1.88. The van der Waals surface area contributed by atoms with Gasteiger partial charge in [0.25, 0.3) is 0 Å². The number of halogens is 3. The molecule has 2 aliphatic rings. The molecule has 0 aliphatic carbocycles. The summed E-state index contributed by atoms with van der Waals surface area (Å²) >= 11 is 0. The van der Waals surface area contributed by atoms with Crippen molar-refractivity contribution >= 4 is 17.5 Å². The van der Waals surface area contributed by atoms with Crippen LogP contribution >= 0.6 is 0 Å². The van der Waals surface area contributed by atoms with Gasteiger partial charge in [-0.15, -0.1) is 0 Å². The number of fused-ring (bicyclic) bond motifs is 1. The Labute approximate surface area is 203 Å². The van der Waals surface area contributed by atoms with Crippen molar-refractivity contribution in [3.05, 3.63) is 65.2 Å². The van der Waals surface area contributed by atoms with E-state index in [1.54, 1.807) is 6.07 Å². The fraction of sp³-hybridized carbons (Fsp3) is 0.462. The van der Waals surface area contributed by atoms with E-state index in [4.69, 9.17) is 0 Å². The van der Waals surface area contributed by atoms with Crippen LogP contribution in [0.25, 0.3) is 0 Å². The highest BCUT2D eigenvalue weighted by atomic mass is 19.4. The summed E-state index contributed by atoms with van der Waals surface area (Å²) in [5, 5.41) is 2.92. The lowest BCUT2D eigenvalue weighted by Crippen LogP contribution is -2.46. The van der Waals surface area contributed by atoms with Crippen molar-refractivity contribution in [2.45, 2.75) is 32.0 Å². The van der Waals surface area contributed by atoms with E-state index in [1.165, 1.54) is 5.56 Å². The summed E-state index contributed by atoms with van der Waals surface area (Å²) in [4.78, 5) is 29.7. The van der Waals surface area contributed by atoms with Crippen molar-refractivity contribution in [3.8, 4) is 0 Å². The molecule has 4 rings (SSSR count). The van der Waals surface area contributed by atoms with Crippen LogP contribution in [0, 0.1) is 0 Å². The molecule has 2 amide bonds. The van der Waals surface area contributed by atoms with Gasteiger partial charge in [-0.2, -0.15) is 13.2 Å². The number of benzene rings is 2. The van der Waals surface area contributed by atoms with Crippen LogP contribution in [0.4, 0.5) is 18.9 Å². The fourth-order valence-corrected chi connectivity index (χ4v) is 4.68. The second kappa shape index (κ2) is 11.2. The topological polar surface area (TPSA) is 55.9 Å². The summed E-state index contributed by atoms with van der Waals surface area (Å²) in [6, 6.07) is 15.8. The van der Waals surface area contributed by atoms with Crippen LogP contribution in [0.5, 0.6) is 0 Å². The van der Waals surface area contributed by atoms with Gasteiger partial charge in [0, 0.05) is 64.5 Å². The van der Waals surface area contributed by atoms with Gasteiger partial charge in [0.2, 0.25) is 5.91 Å². The Morgan fingerprint density at radius 1 is 0.829 bits per heavy atom. The lowest BCUT2D eigenvalue weighted by atomic mass is 10.0. The van der Waals surface area contributed by atoms with Crippen LogP contribution in [-0.2, 0) is 29.0 Å². The third kappa shape index (κ3) is 7.05. The van der Waals surface area contributed by atoms with Gasteiger partial charge in [-0.05, 0) is 41.7 Å². The molecule has 0 atom stereocenters. The maximum atomic E-state index is 12.8. The van der Waals surface area contributed by atoms with Gasteiger partial charge in [0.1, 0.15) is 0 Å². The minimum absolute atomic E-state index is 0.0129. The van der Waals surface area contributed by atoms with E-state index in [2.05, 4.69) is 39.4 Å². The minimum Gasteiger partial charge on any atom is -0.334 e. The molecule has 0 radical (unpaired) electrons. The van der Waals surface area contributed by atoms with E-state index >= 15 is 0 Å². The van der Waals surface area contributed by atoms with Crippen molar-refractivity contribution < 1.29 is 22.8 Å². The Bertz CT molecular complexity index is 1020. The predicted molar refractivity (Wildman–Crippen MR) is 128 cm³/mol. The first-order chi connectivity index (χ1) is 16.8. The van der Waals surface area contributed by atoms with E-state index in [0.717, 1.165) is 48.8 Å². The lowest BCUT2D eigenvalue weighted by Gasteiger charge is -2.34. The minimum atomic E-state index is -4.86. The molecule has 2 aliphatic heterocycles. The number of carbonyl (C=O) groups is 2. The maximum absolute atomic E-state index is 12.8. The summed E-state index contributed by atoms with van der Waals surface area (Å²) in [6.45, 7) is 5.46. The highest BCUT2D eigenvalue weighted by Crippen LogP contribution is 2.24. The molecular formula is C26H31F3N4O2. The summed E-state index contributed by atoms with van der Waals surface area (Å²) < 4.78 is 38.3. The molecular weight excluding hydrogens is 457 g/mol. The molecule has 0 saturated carbocycles. The number of carbonyl (C=O) groups excluding carboxylic acids is 2. The number of amides is 2. The standard InChI is InChI=1S/C26H31F3N4O2/c27-26(28,29)25(35)33-12-8-21-6-7-23(18-22(21)9-13-33)30-24(34)10-11-31-14-16-32(17-15-31)19-20-4-2-1-3-5-20/h1-7,18H,8-17,19H2,(H,30,34). The number of anilines is 1. The van der Waals surface area contributed by atoms with Crippen molar-refractivity contribution in [3.63, 3.8) is 0 Å². The smallest absolute Gasteiger partial charge is 0.334 e. The van der Waals surface area contributed by atoms with Crippen molar-refractivity contribution in [2.75, 3.05) is 51.1 Å². The van der Waals surface area contributed by atoms with Crippen LogP contribution in [0.15, 0.2) is 48.5 Å². The second-order valence-corrected chi connectivity index (χ2v) is 9.18. The molecule has 9 heteroatoms. The molecule has 0 aromatic heterocycles. The first kappa shape index (κ1) is 25.2. The molecule has 0 spiro atoms. The number of rotatable bonds is 6. The van der Waals surface area contributed by atoms with Gasteiger partial charge in [0.15, 0.2) is 0 Å². The van der Waals surface area contributed by atoms with E-state index < -0.39 is 12.1 Å². The molecule has 35 heavy (non-hydrogen) atoms. The number of nitrogens with one attached hydrogen (secondary N) is 1. The zero-order valence-electron chi connectivity index (χ0n) is 19.7. The quantitative estimate of drug-likeness (QED) is 0.678. The Balaban J connectivity index is 1.21. The molecule has 2 heterocycles. The molecule has 2 aromatic rings. The Morgan fingerprint density at radius 3 is 2.17 bits per heavy atom. The van der Waals surface area contributed by atoms with Crippen LogP contribution in [0.3, 0.4) is 0 Å². The van der Waals surface area contributed by atoms with Gasteiger partial charge < -0.3 is 15.1 Å². The molecule has 188 valence electrons. The fourth-order valence-electron chi connectivity index (χ4n) is 4.68. The van der Waals surface area contributed by atoms with E-state index in [1.807, 2.05) is 18.2 Å². The molecule has 1 N–H and O–H groups in total. The summed E-state index contributed by atoms with van der Waals surface area (Å²) in [5.41, 5.74) is 3.72. The second-order valence-electron chi connectivity index (χ2n) is 9.18. The first-order valence-corrected chi connectivity index (χ1v) is 12.0. The van der Waals surface area contributed by atoms with Gasteiger partial charge >= 0.3 is 12.1 Å². The van der Waals surface area contributed by atoms with Gasteiger partial charge in [-0.1, -0.05) is 36.4 Å². The van der Waals surface area contributed by atoms with E-state index in [0.29, 0.717) is 31.5 Å². The molecule has 6 nitrogen and oxygen atoms in total. The maximum Gasteiger partial charge on any atom is 0.471 e. The molecule has 0 bridgehead atoms. The average molecular weight is 489 g/mol. The number of nitrogens with zero attached hydrogens (tertiary/aromatic N) is 3. The summed E-state index contributed by atoms with van der Waals surface area (Å²) in [7, 11) is 0. The van der Waals surface area contributed by atoms with Crippen LogP contribution < -0.4 is 5.32 Å². The number of hydrogen-bond acceptors (Lipinski definition) is 4. The van der Waals surface area contributed by atoms with E-state index in [9.17, 15) is 22.8 Å². The molecule has 2 aromatic carbocycles. The zero-order valence-corrected chi connectivity index (χ0v) is 19.7. The van der Waals surface area contributed by atoms with E-state index in [-0.39, 0.29) is 19.0 Å².